The number of Topliss-reactive ketones (excluding diaryl/α,β-unsaturated/α-hetero) is 2. The molecule has 0 amide bonds. The fraction of sp³-hybridized carbons (Fsp3) is 0.200. The molecule has 4 aromatic rings. The predicted molar refractivity (Wildman–Crippen MR) is 135 cm³/mol. The van der Waals surface area contributed by atoms with Crippen LogP contribution in [0.1, 0.15) is 46.1 Å². The fourth-order valence-corrected chi connectivity index (χ4v) is 5.10. The number of ketones is 2. The van der Waals surface area contributed by atoms with Gasteiger partial charge in [0.05, 0.1) is 23.8 Å². The van der Waals surface area contributed by atoms with E-state index in [9.17, 15) is 14.4 Å². The number of carbonyl (C=O) groups is 3. The zero-order valence-corrected chi connectivity index (χ0v) is 20.0. The van der Waals surface area contributed by atoms with Crippen LogP contribution < -0.4 is 0 Å². The van der Waals surface area contributed by atoms with Crippen molar-refractivity contribution in [2.45, 2.75) is 25.3 Å². The molecule has 0 saturated heterocycles. The van der Waals surface area contributed by atoms with Crippen LogP contribution in [0, 0.1) is 5.92 Å². The van der Waals surface area contributed by atoms with E-state index in [2.05, 4.69) is 36.4 Å². The van der Waals surface area contributed by atoms with Crippen LogP contribution in [0.25, 0.3) is 0 Å². The Morgan fingerprint density at radius 1 is 0.889 bits per heavy atom. The molecule has 1 atom stereocenters. The Bertz CT molecular complexity index is 1300. The molecule has 0 fully saturated rings. The highest BCUT2D eigenvalue weighted by atomic mass is 16.5. The molecule has 6 heteroatoms. The zero-order valence-electron chi connectivity index (χ0n) is 20.0. The number of esters is 1. The first-order valence-electron chi connectivity index (χ1n) is 12.1. The van der Waals surface area contributed by atoms with Gasteiger partial charge in [0.15, 0.2) is 5.78 Å². The topological polar surface area (TPSA) is 78.3 Å². The lowest BCUT2D eigenvalue weighted by Gasteiger charge is -2.36. The van der Waals surface area contributed by atoms with Crippen molar-refractivity contribution in [3.05, 3.63) is 125 Å². The average molecular weight is 479 g/mol. The molecular weight excluding hydrogens is 452 g/mol. The van der Waals surface area contributed by atoms with E-state index < -0.39 is 23.2 Å². The third kappa shape index (κ3) is 3.85. The van der Waals surface area contributed by atoms with Crippen molar-refractivity contribution in [2.75, 3.05) is 6.61 Å². The summed E-state index contributed by atoms with van der Waals surface area (Å²) in [6.07, 6.45) is 2.38. The van der Waals surface area contributed by atoms with Gasteiger partial charge in [0.2, 0.25) is 0 Å². The van der Waals surface area contributed by atoms with Crippen LogP contribution in [0.3, 0.4) is 0 Å². The van der Waals surface area contributed by atoms with Gasteiger partial charge in [0.1, 0.15) is 5.54 Å². The summed E-state index contributed by atoms with van der Waals surface area (Å²) in [4.78, 5) is 38.2. The number of aryl methyl sites for hydroxylation is 1. The minimum atomic E-state index is -1.05. The Morgan fingerprint density at radius 2 is 1.39 bits per heavy atom. The van der Waals surface area contributed by atoms with Crippen molar-refractivity contribution >= 4 is 17.5 Å². The highest BCUT2D eigenvalue weighted by Crippen LogP contribution is 2.41. The average Bonchev–Trinajstić information content (AvgIpc) is 3.36. The number of hydrogen-bond donors (Lipinski definition) is 0. The standard InChI is InChI=1S/C30H26N2O4/c1-2-36-29(35)28(34)24-18-19-26-25(27(24)33)20-32(31-26)30(21-12-6-3-7-13-21,22-14-8-4-9-15-22)23-16-10-5-11-17-23/h3-17,20,24H,2,18-19H2,1H3. The second kappa shape index (κ2) is 9.74. The Kier molecular flexibility index (Phi) is 6.34. The van der Waals surface area contributed by atoms with Crippen molar-refractivity contribution in [1.82, 2.24) is 9.78 Å². The van der Waals surface area contributed by atoms with Gasteiger partial charge in [0, 0.05) is 6.20 Å². The van der Waals surface area contributed by atoms with Gasteiger partial charge in [-0.25, -0.2) is 4.79 Å². The van der Waals surface area contributed by atoms with Gasteiger partial charge in [0.25, 0.3) is 5.78 Å². The van der Waals surface area contributed by atoms with Crippen LogP contribution in [0.4, 0.5) is 0 Å². The van der Waals surface area contributed by atoms with Crippen LogP contribution in [0.2, 0.25) is 0 Å². The molecule has 0 spiro atoms. The number of fused-ring (bicyclic) bond motifs is 1. The largest absolute Gasteiger partial charge is 0.460 e. The van der Waals surface area contributed by atoms with Gasteiger partial charge in [-0.15, -0.1) is 0 Å². The molecule has 3 aromatic carbocycles. The number of nitrogens with zero attached hydrogens (tertiary/aromatic N) is 2. The molecule has 6 nitrogen and oxygen atoms in total. The minimum absolute atomic E-state index is 0.0857. The highest BCUT2D eigenvalue weighted by molar-refractivity contribution is 6.39. The monoisotopic (exact) mass is 478 g/mol. The first kappa shape index (κ1) is 23.4. The molecule has 0 saturated carbocycles. The zero-order chi connectivity index (χ0) is 25.1. The van der Waals surface area contributed by atoms with Crippen LogP contribution in [0.5, 0.6) is 0 Å². The van der Waals surface area contributed by atoms with Crippen molar-refractivity contribution in [3.8, 4) is 0 Å². The van der Waals surface area contributed by atoms with Gasteiger partial charge in [-0.05, 0) is 36.5 Å². The Labute approximate surface area is 209 Å². The lowest BCUT2D eigenvalue weighted by atomic mass is 9.77. The number of rotatable bonds is 7. The molecule has 0 aliphatic heterocycles. The van der Waals surface area contributed by atoms with Crippen LogP contribution in [-0.2, 0) is 26.3 Å². The van der Waals surface area contributed by atoms with E-state index in [1.165, 1.54) is 0 Å². The summed E-state index contributed by atoms with van der Waals surface area (Å²) >= 11 is 0. The first-order chi connectivity index (χ1) is 17.6. The molecule has 180 valence electrons. The van der Waals surface area contributed by atoms with Crippen LogP contribution >= 0.6 is 0 Å². The van der Waals surface area contributed by atoms with Gasteiger partial charge >= 0.3 is 5.97 Å². The maximum Gasteiger partial charge on any atom is 0.375 e. The number of benzene rings is 3. The third-order valence-electron chi connectivity index (χ3n) is 6.75. The van der Waals surface area contributed by atoms with Gasteiger partial charge < -0.3 is 4.74 Å². The van der Waals surface area contributed by atoms with E-state index in [0.29, 0.717) is 17.7 Å². The lowest BCUT2D eigenvalue weighted by molar-refractivity contribution is -0.154. The molecule has 5 rings (SSSR count). The van der Waals surface area contributed by atoms with Crippen molar-refractivity contribution in [1.29, 1.82) is 0 Å². The molecule has 0 bridgehead atoms. The van der Waals surface area contributed by atoms with Crippen molar-refractivity contribution in [2.24, 2.45) is 5.92 Å². The third-order valence-corrected chi connectivity index (χ3v) is 6.75. The van der Waals surface area contributed by atoms with Crippen molar-refractivity contribution < 1.29 is 19.1 Å². The smallest absolute Gasteiger partial charge is 0.375 e. The second-order valence-electron chi connectivity index (χ2n) is 8.78. The molecule has 1 aromatic heterocycles. The maximum atomic E-state index is 13.4. The Hall–Kier alpha value is -4.32. The van der Waals surface area contributed by atoms with E-state index >= 15 is 0 Å². The van der Waals surface area contributed by atoms with E-state index in [1.807, 2.05) is 59.3 Å². The van der Waals surface area contributed by atoms with Gasteiger partial charge in [-0.3, -0.25) is 14.3 Å². The summed E-state index contributed by atoms with van der Waals surface area (Å²) in [7, 11) is 0. The summed E-state index contributed by atoms with van der Waals surface area (Å²) in [5.74, 6) is -3.18. The number of carbonyl (C=O) groups excluding carboxylic acids is 3. The second-order valence-corrected chi connectivity index (χ2v) is 8.78. The summed E-state index contributed by atoms with van der Waals surface area (Å²) < 4.78 is 6.70. The van der Waals surface area contributed by atoms with Crippen LogP contribution in [-0.4, -0.2) is 33.9 Å². The Balaban J connectivity index is 1.70. The number of hydrogen-bond acceptors (Lipinski definition) is 5. The summed E-state index contributed by atoms with van der Waals surface area (Å²) in [5.41, 5.74) is 3.08. The molecule has 1 aliphatic rings. The maximum absolute atomic E-state index is 13.4. The van der Waals surface area contributed by atoms with E-state index in [0.717, 1.165) is 16.7 Å². The predicted octanol–water partition coefficient (Wildman–Crippen LogP) is 4.60. The lowest BCUT2D eigenvalue weighted by Crippen LogP contribution is -2.38. The summed E-state index contributed by atoms with van der Waals surface area (Å²) in [5, 5.41) is 4.95. The molecule has 0 N–H and O–H groups in total. The summed E-state index contributed by atoms with van der Waals surface area (Å²) in [6, 6.07) is 30.1. The van der Waals surface area contributed by atoms with Gasteiger partial charge in [-0.2, -0.15) is 5.10 Å². The summed E-state index contributed by atoms with van der Waals surface area (Å²) in [6.45, 7) is 1.72. The molecule has 1 aliphatic carbocycles. The minimum Gasteiger partial charge on any atom is -0.460 e. The molecule has 36 heavy (non-hydrogen) atoms. The van der Waals surface area contributed by atoms with E-state index in [-0.39, 0.29) is 18.8 Å². The van der Waals surface area contributed by atoms with Crippen molar-refractivity contribution in [3.63, 3.8) is 0 Å². The molecule has 0 radical (unpaired) electrons. The first-order valence-corrected chi connectivity index (χ1v) is 12.1. The fourth-order valence-electron chi connectivity index (χ4n) is 5.10. The quantitative estimate of drug-likeness (QED) is 0.168. The number of ether oxygens (including phenoxy) is 1. The van der Waals surface area contributed by atoms with Crippen LogP contribution in [0.15, 0.2) is 97.2 Å². The Morgan fingerprint density at radius 3 is 1.86 bits per heavy atom. The molecular formula is C30H26N2O4. The highest BCUT2D eigenvalue weighted by Gasteiger charge is 2.43. The van der Waals surface area contributed by atoms with E-state index in [1.54, 1.807) is 13.1 Å². The molecule has 1 unspecified atom stereocenters. The van der Waals surface area contributed by atoms with E-state index in [4.69, 9.17) is 9.84 Å². The van der Waals surface area contributed by atoms with Gasteiger partial charge in [-0.1, -0.05) is 91.0 Å². The normalized spacial score (nSPS) is 15.2. The SMILES string of the molecule is CCOC(=O)C(=O)C1CCc2nn(C(c3ccccc3)(c3ccccc3)c3ccccc3)cc2C1=O. The number of aromatic nitrogens is 2. The molecule has 1 heterocycles.